The van der Waals surface area contributed by atoms with Crippen LogP contribution in [-0.2, 0) is 20.1 Å². The Hall–Kier alpha value is -4.77. The van der Waals surface area contributed by atoms with Crippen LogP contribution in [0.15, 0.2) is 114 Å². The Bertz CT molecular complexity index is 2180. The van der Waals surface area contributed by atoms with Crippen molar-refractivity contribution in [3.05, 3.63) is 133 Å². The minimum Gasteiger partial charge on any atom is -0.500 e. The van der Waals surface area contributed by atoms with E-state index in [9.17, 15) is 0 Å². The van der Waals surface area contributed by atoms with Crippen LogP contribution in [0.1, 0.15) is 35.0 Å². The predicted molar refractivity (Wildman–Crippen MR) is 170 cm³/mol. The topological polar surface area (TPSA) is 57.4 Å². The molecule has 219 valence electrons. The summed E-state index contributed by atoms with van der Waals surface area (Å²) in [5.74, 6) is 3.15. The van der Waals surface area contributed by atoms with Crippen molar-refractivity contribution in [1.82, 2.24) is 9.97 Å². The SMILES string of the molecule is CC(C)c1ccnc(-c2[c-]ccc3c2oc2cc4c(cc23)Oc2ccccc2O4)c1.[2H]C([2H])([2H])c1ccc(-c2[c-]cccc2)nc1.[Ir]. The summed E-state index contributed by atoms with van der Waals surface area (Å²) in [6.07, 6.45) is 3.24. The summed E-state index contributed by atoms with van der Waals surface area (Å²) in [7, 11) is 0. The van der Waals surface area contributed by atoms with Crippen molar-refractivity contribution in [2.45, 2.75) is 26.6 Å². The Kier molecular flexibility index (Phi) is 7.27. The van der Waals surface area contributed by atoms with Gasteiger partial charge in [0.1, 0.15) is 5.58 Å². The minimum atomic E-state index is -2.09. The number of hydrogen-bond donors (Lipinski definition) is 0. The van der Waals surface area contributed by atoms with E-state index in [1.165, 1.54) is 11.8 Å². The molecule has 4 heterocycles. The third-order valence-electron chi connectivity index (χ3n) is 7.24. The van der Waals surface area contributed by atoms with Gasteiger partial charge in [-0.1, -0.05) is 60.7 Å². The average molecular weight is 756 g/mol. The molecule has 0 atom stereocenters. The monoisotopic (exact) mass is 756 g/mol. The van der Waals surface area contributed by atoms with Crippen molar-refractivity contribution in [3.8, 4) is 45.5 Å². The molecule has 0 spiro atoms. The van der Waals surface area contributed by atoms with Gasteiger partial charge in [-0.25, -0.2) is 0 Å². The first-order valence-corrected chi connectivity index (χ1v) is 14.0. The molecule has 0 saturated carbocycles. The quantitative estimate of drug-likeness (QED) is 0.168. The first-order chi connectivity index (χ1) is 22.2. The van der Waals surface area contributed by atoms with Gasteiger partial charge in [0.25, 0.3) is 0 Å². The first-order valence-electron chi connectivity index (χ1n) is 15.5. The molecule has 0 aliphatic carbocycles. The fourth-order valence-electron chi connectivity index (χ4n) is 5.00. The summed E-state index contributed by atoms with van der Waals surface area (Å²) in [6.45, 7) is 2.26. The van der Waals surface area contributed by atoms with Gasteiger partial charge < -0.3 is 23.9 Å². The smallest absolute Gasteiger partial charge is 0.173 e. The van der Waals surface area contributed by atoms with Crippen molar-refractivity contribution < 1.29 is 38.1 Å². The van der Waals surface area contributed by atoms with Crippen LogP contribution in [0.5, 0.6) is 23.0 Å². The number of furan rings is 1. The van der Waals surface area contributed by atoms with Crippen LogP contribution in [-0.4, -0.2) is 9.97 Å². The number of fused-ring (bicyclic) bond motifs is 5. The van der Waals surface area contributed by atoms with Crippen molar-refractivity contribution in [2.75, 3.05) is 0 Å². The fourth-order valence-corrected chi connectivity index (χ4v) is 5.00. The van der Waals surface area contributed by atoms with Crippen LogP contribution in [0.4, 0.5) is 0 Å². The molecular weight excluding hydrogens is 725 g/mol. The number of rotatable bonds is 3. The normalized spacial score (nSPS) is 12.8. The van der Waals surface area contributed by atoms with Crippen molar-refractivity contribution in [2.24, 2.45) is 0 Å². The van der Waals surface area contributed by atoms with E-state index >= 15 is 0 Å². The third kappa shape index (κ3) is 5.74. The molecule has 3 aromatic heterocycles. The first kappa shape index (κ1) is 25.7. The summed E-state index contributed by atoms with van der Waals surface area (Å²) < 4.78 is 40.1. The van der Waals surface area contributed by atoms with E-state index in [2.05, 4.69) is 42.0 Å². The zero-order valence-electron chi connectivity index (χ0n) is 26.9. The predicted octanol–water partition coefficient (Wildman–Crippen LogP) is 10.3. The van der Waals surface area contributed by atoms with Gasteiger partial charge in [-0.2, -0.15) is 0 Å². The van der Waals surface area contributed by atoms with Gasteiger partial charge in [-0.3, -0.25) is 0 Å². The molecule has 0 bridgehead atoms. The fraction of sp³-hybridized carbons (Fsp3) is 0.105. The third-order valence-corrected chi connectivity index (χ3v) is 7.24. The maximum atomic E-state index is 7.23. The molecule has 1 radical (unpaired) electrons. The van der Waals surface area contributed by atoms with Gasteiger partial charge in [-0.05, 0) is 54.0 Å². The molecule has 5 nitrogen and oxygen atoms in total. The molecule has 44 heavy (non-hydrogen) atoms. The second kappa shape index (κ2) is 12.5. The summed E-state index contributed by atoms with van der Waals surface area (Å²) in [5.41, 5.74) is 6.30. The maximum Gasteiger partial charge on any atom is 0.173 e. The van der Waals surface area contributed by atoms with Crippen LogP contribution < -0.4 is 9.47 Å². The van der Waals surface area contributed by atoms with Crippen molar-refractivity contribution in [1.29, 1.82) is 0 Å². The van der Waals surface area contributed by atoms with E-state index in [-0.39, 0.29) is 25.7 Å². The molecular formula is C38H28IrN2O3-2. The molecule has 0 amide bonds. The number of para-hydroxylation sites is 2. The van der Waals surface area contributed by atoms with Crippen LogP contribution in [0.2, 0.25) is 0 Å². The molecule has 0 saturated heterocycles. The van der Waals surface area contributed by atoms with E-state index in [1.54, 1.807) is 18.2 Å². The molecule has 6 heteroatoms. The summed E-state index contributed by atoms with van der Waals surface area (Å²) in [6, 6.07) is 36.7. The van der Waals surface area contributed by atoms with Crippen LogP contribution in [0.3, 0.4) is 0 Å². The van der Waals surface area contributed by atoms with Crippen LogP contribution >= 0.6 is 0 Å². The molecule has 1 aliphatic heterocycles. The Labute approximate surface area is 274 Å². The van der Waals surface area contributed by atoms with E-state index < -0.39 is 6.85 Å². The second-order valence-electron chi connectivity index (χ2n) is 10.5. The van der Waals surface area contributed by atoms with E-state index in [0.717, 1.165) is 44.5 Å². The Morgan fingerprint density at radius 1 is 0.727 bits per heavy atom. The van der Waals surface area contributed by atoms with Gasteiger partial charge in [0.15, 0.2) is 23.0 Å². The number of nitrogens with zero attached hydrogens (tertiary/aromatic N) is 2. The number of aromatic nitrogens is 2. The van der Waals surface area contributed by atoms with Gasteiger partial charge >= 0.3 is 0 Å². The molecule has 0 unspecified atom stereocenters. The minimum absolute atomic E-state index is 0. The largest absolute Gasteiger partial charge is 0.500 e. The Balaban J connectivity index is 0.000000194. The number of pyridine rings is 2. The second-order valence-corrected chi connectivity index (χ2v) is 10.5. The molecule has 0 N–H and O–H groups in total. The molecule has 1 aliphatic rings. The van der Waals surface area contributed by atoms with E-state index in [0.29, 0.717) is 28.9 Å². The number of ether oxygens (including phenoxy) is 2. The van der Waals surface area contributed by atoms with Gasteiger partial charge in [0, 0.05) is 48.1 Å². The summed E-state index contributed by atoms with van der Waals surface area (Å²) in [4.78, 5) is 8.70. The summed E-state index contributed by atoms with van der Waals surface area (Å²) in [5, 5.41) is 1.97. The summed E-state index contributed by atoms with van der Waals surface area (Å²) >= 11 is 0. The molecule has 0 fully saturated rings. The van der Waals surface area contributed by atoms with Gasteiger partial charge in [0.05, 0.1) is 5.58 Å². The molecule has 7 aromatic rings. The van der Waals surface area contributed by atoms with Gasteiger partial charge in [0.2, 0.25) is 0 Å². The average Bonchev–Trinajstić information content (AvgIpc) is 3.44. The van der Waals surface area contributed by atoms with Crippen molar-refractivity contribution in [3.63, 3.8) is 0 Å². The zero-order chi connectivity index (χ0) is 31.8. The van der Waals surface area contributed by atoms with Crippen molar-refractivity contribution >= 4 is 21.9 Å². The number of aryl methyl sites for hydroxylation is 1. The van der Waals surface area contributed by atoms with E-state index in [4.69, 9.17) is 18.0 Å². The van der Waals surface area contributed by atoms with Gasteiger partial charge in [-0.15, -0.1) is 54.1 Å². The number of hydrogen-bond acceptors (Lipinski definition) is 5. The van der Waals surface area contributed by atoms with Crippen LogP contribution in [0, 0.1) is 19.0 Å². The van der Waals surface area contributed by atoms with E-state index in [1.807, 2.05) is 79.0 Å². The standard InChI is InChI=1S/C26H18NO3.C12H10N.Ir/c1-15(2)16-10-11-27-20(12-16)18-7-5-6-17-19-13-24-25(14-23(19)30-26(17)18)29-22-9-4-3-8-21(22)28-24;1-10-7-8-12(13-9-10)11-5-3-2-4-6-11;/h3-6,8-15H,1-2H3;2-5,7-9H,1H3;/q2*-1;/i;1D3;. The molecule has 4 aromatic carbocycles. The zero-order valence-corrected chi connectivity index (χ0v) is 26.3. The van der Waals surface area contributed by atoms with Crippen LogP contribution in [0.25, 0.3) is 44.5 Å². The Morgan fingerprint density at radius 2 is 1.52 bits per heavy atom. The Morgan fingerprint density at radius 3 is 2.23 bits per heavy atom. The number of benzene rings is 4. The maximum absolute atomic E-state index is 7.23. The molecule has 8 rings (SSSR count).